The lowest BCUT2D eigenvalue weighted by molar-refractivity contribution is -0.343. The molecule has 0 unspecified atom stereocenters. The van der Waals surface area contributed by atoms with Crippen LogP contribution in [0.15, 0.2) is 59.8 Å². The van der Waals surface area contributed by atoms with E-state index < -0.39 is 35.5 Å². The number of hydrogen-bond donors (Lipinski definition) is 3. The van der Waals surface area contributed by atoms with E-state index in [-0.39, 0.29) is 5.71 Å². The lowest BCUT2D eigenvalue weighted by Gasteiger charge is -2.27. The SMILES string of the molecule is CC(=NNC(=O)c1c[nH]c2ccccc12)c1ccc(NC(=O)C(F)(F)C(F)(F)C(F)(F)F)cc1. The van der Waals surface area contributed by atoms with Crippen LogP contribution in [0.3, 0.4) is 0 Å². The van der Waals surface area contributed by atoms with Crippen LogP contribution < -0.4 is 10.7 Å². The zero-order valence-corrected chi connectivity index (χ0v) is 17.1. The minimum absolute atomic E-state index is 0.250. The quantitative estimate of drug-likeness (QED) is 0.256. The van der Waals surface area contributed by atoms with Crippen molar-refractivity contribution in [3.05, 3.63) is 65.9 Å². The van der Waals surface area contributed by atoms with E-state index in [0.717, 1.165) is 17.6 Å². The standard InChI is InChI=1S/C21H15F7N4O2/c1-11(31-32-17(33)15-10-29-16-5-3-2-4-14(15)16)12-6-8-13(9-7-12)30-18(34)19(22,23)20(24,25)21(26,27)28/h2-10,29H,1H3,(H,30,34)(H,32,33). The summed E-state index contributed by atoms with van der Waals surface area (Å²) in [5, 5.41) is 5.92. The van der Waals surface area contributed by atoms with Crippen LogP contribution in [0.25, 0.3) is 10.9 Å². The van der Waals surface area contributed by atoms with E-state index in [1.807, 2.05) is 0 Å². The molecule has 3 rings (SSSR count). The lowest BCUT2D eigenvalue weighted by Crippen LogP contribution is -2.57. The molecule has 0 aliphatic carbocycles. The fourth-order valence-corrected chi connectivity index (χ4v) is 2.84. The summed E-state index contributed by atoms with van der Waals surface area (Å²) >= 11 is 0. The summed E-state index contributed by atoms with van der Waals surface area (Å²) in [4.78, 5) is 26.7. The number of alkyl halides is 7. The van der Waals surface area contributed by atoms with Gasteiger partial charge < -0.3 is 10.3 Å². The number of para-hydroxylation sites is 1. The number of hydrazone groups is 1. The molecule has 0 atom stereocenters. The molecule has 6 nitrogen and oxygen atoms in total. The van der Waals surface area contributed by atoms with Crippen LogP contribution in [0.5, 0.6) is 0 Å². The Hall–Kier alpha value is -3.90. The molecule has 13 heteroatoms. The monoisotopic (exact) mass is 488 g/mol. The molecular formula is C21H15F7N4O2. The maximum absolute atomic E-state index is 13.4. The number of aromatic nitrogens is 1. The van der Waals surface area contributed by atoms with Crippen LogP contribution in [0.2, 0.25) is 0 Å². The molecule has 0 fully saturated rings. The van der Waals surface area contributed by atoms with Crippen LogP contribution in [0, 0.1) is 0 Å². The highest BCUT2D eigenvalue weighted by Crippen LogP contribution is 2.46. The molecule has 1 heterocycles. The highest BCUT2D eigenvalue weighted by molar-refractivity contribution is 6.07. The van der Waals surface area contributed by atoms with Crippen molar-refractivity contribution < 1.29 is 40.3 Å². The zero-order valence-electron chi connectivity index (χ0n) is 17.1. The minimum Gasteiger partial charge on any atom is -0.360 e. The Morgan fingerprint density at radius 2 is 1.53 bits per heavy atom. The maximum Gasteiger partial charge on any atom is 0.460 e. The average molecular weight is 488 g/mol. The molecule has 2 aromatic carbocycles. The highest BCUT2D eigenvalue weighted by Gasteiger charge is 2.76. The summed E-state index contributed by atoms with van der Waals surface area (Å²) in [7, 11) is 0. The fraction of sp³-hybridized carbons (Fsp3) is 0.190. The van der Waals surface area contributed by atoms with E-state index >= 15 is 0 Å². The maximum atomic E-state index is 13.4. The molecule has 0 aliphatic rings. The lowest BCUT2D eigenvalue weighted by atomic mass is 10.1. The number of aromatic amines is 1. The number of halogens is 7. The van der Waals surface area contributed by atoms with Gasteiger partial charge in [-0.3, -0.25) is 9.59 Å². The van der Waals surface area contributed by atoms with Crippen molar-refractivity contribution in [2.75, 3.05) is 5.32 Å². The predicted octanol–water partition coefficient (Wildman–Crippen LogP) is 5.09. The summed E-state index contributed by atoms with van der Waals surface area (Å²) in [5.41, 5.74) is 3.55. The second kappa shape index (κ2) is 8.80. The van der Waals surface area contributed by atoms with Gasteiger partial charge in [0.05, 0.1) is 11.3 Å². The Labute approximate surface area is 186 Å². The van der Waals surface area contributed by atoms with Gasteiger partial charge >= 0.3 is 23.9 Å². The third-order valence-corrected chi connectivity index (χ3v) is 4.76. The van der Waals surface area contributed by atoms with Gasteiger partial charge in [-0.1, -0.05) is 30.3 Å². The van der Waals surface area contributed by atoms with Crippen LogP contribution in [-0.2, 0) is 4.79 Å². The van der Waals surface area contributed by atoms with Gasteiger partial charge in [0.25, 0.3) is 5.91 Å². The fourth-order valence-electron chi connectivity index (χ4n) is 2.84. The van der Waals surface area contributed by atoms with Gasteiger partial charge in [-0.25, -0.2) is 5.43 Å². The van der Waals surface area contributed by atoms with Crippen molar-refractivity contribution in [2.45, 2.75) is 24.9 Å². The molecule has 180 valence electrons. The highest BCUT2D eigenvalue weighted by atomic mass is 19.4. The van der Waals surface area contributed by atoms with Gasteiger partial charge in [-0.2, -0.15) is 35.8 Å². The molecule has 0 saturated carbocycles. The number of benzene rings is 2. The summed E-state index contributed by atoms with van der Waals surface area (Å²) in [6.07, 6.45) is -5.12. The Balaban J connectivity index is 1.68. The van der Waals surface area contributed by atoms with E-state index in [9.17, 15) is 40.3 Å². The number of H-pyrrole nitrogens is 1. The van der Waals surface area contributed by atoms with Gasteiger partial charge in [0.15, 0.2) is 0 Å². The smallest absolute Gasteiger partial charge is 0.360 e. The number of amides is 2. The molecule has 0 aliphatic heterocycles. The Bertz CT molecular complexity index is 1250. The largest absolute Gasteiger partial charge is 0.460 e. The van der Waals surface area contributed by atoms with E-state index in [1.54, 1.807) is 24.3 Å². The molecular weight excluding hydrogens is 473 g/mol. The van der Waals surface area contributed by atoms with Crippen molar-refractivity contribution in [3.8, 4) is 0 Å². The van der Waals surface area contributed by atoms with Crippen molar-refractivity contribution >= 4 is 34.1 Å². The number of anilines is 1. The molecule has 0 radical (unpaired) electrons. The Morgan fingerprint density at radius 3 is 2.15 bits per heavy atom. The molecule has 34 heavy (non-hydrogen) atoms. The molecule has 0 spiro atoms. The number of nitrogens with one attached hydrogen (secondary N) is 3. The Kier molecular flexibility index (Phi) is 6.40. The second-order valence-corrected chi connectivity index (χ2v) is 7.06. The number of carbonyl (C=O) groups is 2. The predicted molar refractivity (Wildman–Crippen MR) is 109 cm³/mol. The van der Waals surface area contributed by atoms with Crippen LogP contribution in [-0.4, -0.2) is 40.5 Å². The number of fused-ring (bicyclic) bond motifs is 1. The van der Waals surface area contributed by atoms with Crippen LogP contribution in [0.1, 0.15) is 22.8 Å². The number of carbonyl (C=O) groups excluding carboxylic acids is 2. The van der Waals surface area contributed by atoms with Crippen LogP contribution >= 0.6 is 0 Å². The van der Waals surface area contributed by atoms with E-state index in [2.05, 4.69) is 15.5 Å². The normalized spacial score (nSPS) is 13.1. The van der Waals surface area contributed by atoms with E-state index in [4.69, 9.17) is 0 Å². The van der Waals surface area contributed by atoms with E-state index in [1.165, 1.54) is 30.6 Å². The summed E-state index contributed by atoms with van der Waals surface area (Å²) < 4.78 is 89.5. The van der Waals surface area contributed by atoms with Gasteiger partial charge in [-0.15, -0.1) is 0 Å². The second-order valence-electron chi connectivity index (χ2n) is 7.06. The zero-order chi connectivity index (χ0) is 25.3. The molecule has 2 amide bonds. The third-order valence-electron chi connectivity index (χ3n) is 4.76. The first-order chi connectivity index (χ1) is 15.8. The molecule has 3 N–H and O–H groups in total. The topological polar surface area (TPSA) is 86.3 Å². The van der Waals surface area contributed by atoms with Crippen molar-refractivity contribution in [1.29, 1.82) is 0 Å². The summed E-state index contributed by atoms with van der Waals surface area (Å²) in [6, 6.07) is 11.5. The molecule has 1 aromatic heterocycles. The molecule has 0 saturated heterocycles. The number of hydrogen-bond acceptors (Lipinski definition) is 3. The first-order valence-corrected chi connectivity index (χ1v) is 9.40. The van der Waals surface area contributed by atoms with Crippen molar-refractivity contribution in [3.63, 3.8) is 0 Å². The summed E-state index contributed by atoms with van der Waals surface area (Å²) in [5.74, 6) is -15.9. The third kappa shape index (κ3) is 4.58. The molecule has 3 aromatic rings. The summed E-state index contributed by atoms with van der Waals surface area (Å²) in [6.45, 7) is 1.49. The average Bonchev–Trinajstić information content (AvgIpc) is 3.21. The number of rotatable bonds is 6. The van der Waals surface area contributed by atoms with Crippen molar-refractivity contribution in [2.24, 2.45) is 5.10 Å². The minimum atomic E-state index is -6.62. The van der Waals surface area contributed by atoms with Gasteiger partial charge in [0.1, 0.15) is 0 Å². The van der Waals surface area contributed by atoms with Gasteiger partial charge in [0, 0.05) is 22.8 Å². The van der Waals surface area contributed by atoms with E-state index in [0.29, 0.717) is 16.5 Å². The first kappa shape index (κ1) is 24.7. The van der Waals surface area contributed by atoms with Crippen LogP contribution in [0.4, 0.5) is 36.4 Å². The number of nitrogens with zero attached hydrogens (tertiary/aromatic N) is 1. The van der Waals surface area contributed by atoms with Crippen molar-refractivity contribution in [1.82, 2.24) is 10.4 Å². The Morgan fingerprint density at radius 1 is 0.912 bits per heavy atom. The van der Waals surface area contributed by atoms with Gasteiger partial charge in [0.2, 0.25) is 0 Å². The van der Waals surface area contributed by atoms with Gasteiger partial charge in [-0.05, 0) is 30.7 Å². The first-order valence-electron chi connectivity index (χ1n) is 9.40. The molecule has 0 bridgehead atoms.